The molecule has 0 atom stereocenters. The third-order valence-corrected chi connectivity index (χ3v) is 10.1. The first-order chi connectivity index (χ1) is 23.8. The third-order valence-electron chi connectivity index (χ3n) is 10.1. The van der Waals surface area contributed by atoms with Gasteiger partial charge in [0, 0.05) is 16.7 Å². The maximum atomic E-state index is 5.53. The van der Waals surface area contributed by atoms with Gasteiger partial charge in [0.25, 0.3) is 0 Å². The molecule has 7 aromatic carbocycles. The summed E-state index contributed by atoms with van der Waals surface area (Å²) in [5, 5.41) is 0. The quantitative estimate of drug-likeness (QED) is 0.181. The van der Waals surface area contributed by atoms with Crippen LogP contribution in [0.2, 0.25) is 0 Å². The van der Waals surface area contributed by atoms with Gasteiger partial charge in [0.2, 0.25) is 0 Å². The van der Waals surface area contributed by atoms with E-state index < -0.39 is 0 Å². The van der Waals surface area contributed by atoms with Gasteiger partial charge in [-0.05, 0) is 90.5 Å². The van der Waals surface area contributed by atoms with Gasteiger partial charge in [-0.1, -0.05) is 158 Å². The largest absolute Gasteiger partial charge is 0.247 e. The van der Waals surface area contributed by atoms with Crippen molar-refractivity contribution in [3.8, 4) is 100 Å². The highest BCUT2D eigenvalue weighted by Gasteiger charge is 2.25. The molecule has 2 aliphatic carbocycles. The lowest BCUT2D eigenvalue weighted by Crippen LogP contribution is -2.00. The van der Waals surface area contributed by atoms with Gasteiger partial charge in [-0.25, -0.2) is 4.98 Å². The van der Waals surface area contributed by atoms with Crippen molar-refractivity contribution in [2.75, 3.05) is 0 Å². The van der Waals surface area contributed by atoms with Crippen LogP contribution < -0.4 is 0 Å². The number of hydrogen-bond acceptors (Lipinski definition) is 1. The second kappa shape index (κ2) is 10.6. The van der Waals surface area contributed by atoms with Crippen molar-refractivity contribution in [2.24, 2.45) is 0 Å². The van der Waals surface area contributed by atoms with Crippen LogP contribution in [0.5, 0.6) is 0 Å². The van der Waals surface area contributed by atoms with E-state index >= 15 is 0 Å². The number of aromatic nitrogens is 1. The van der Waals surface area contributed by atoms with Gasteiger partial charge < -0.3 is 0 Å². The zero-order valence-electron chi connectivity index (χ0n) is 26.2. The number of benzene rings is 7. The van der Waals surface area contributed by atoms with Crippen LogP contribution in [0.15, 0.2) is 176 Å². The summed E-state index contributed by atoms with van der Waals surface area (Å²) in [4.78, 5) is 5.53. The van der Waals surface area contributed by atoms with Crippen LogP contribution in [0.4, 0.5) is 0 Å². The van der Waals surface area contributed by atoms with Gasteiger partial charge in [0.05, 0.1) is 11.4 Å². The van der Waals surface area contributed by atoms with Gasteiger partial charge in [-0.3, -0.25) is 0 Å². The summed E-state index contributed by atoms with van der Waals surface area (Å²) in [6.45, 7) is 0. The van der Waals surface area contributed by atoms with Crippen LogP contribution in [0.3, 0.4) is 0 Å². The van der Waals surface area contributed by atoms with E-state index in [-0.39, 0.29) is 0 Å². The van der Waals surface area contributed by atoms with Crippen molar-refractivity contribution in [3.63, 3.8) is 0 Å². The molecule has 0 bridgehead atoms. The zero-order chi connectivity index (χ0) is 31.6. The van der Waals surface area contributed by atoms with E-state index in [9.17, 15) is 0 Å². The molecule has 0 fully saturated rings. The molecule has 10 rings (SSSR count). The lowest BCUT2D eigenvalue weighted by Gasteiger charge is -2.24. The number of nitrogens with zero attached hydrogens (tertiary/aromatic N) is 1. The smallest absolute Gasteiger partial charge is 0.0794 e. The minimum atomic E-state index is 0.964. The molecule has 222 valence electrons. The molecule has 0 spiro atoms. The molecule has 48 heavy (non-hydrogen) atoms. The zero-order valence-corrected chi connectivity index (χ0v) is 26.2. The lowest BCUT2D eigenvalue weighted by atomic mass is 9.80. The number of pyridine rings is 1. The van der Waals surface area contributed by atoms with E-state index in [1.54, 1.807) is 0 Å². The molecule has 2 aliphatic rings. The van der Waals surface area contributed by atoms with Crippen LogP contribution in [-0.2, 0) is 0 Å². The molecule has 0 saturated heterocycles. The molecule has 1 heterocycles. The summed E-state index contributed by atoms with van der Waals surface area (Å²) >= 11 is 0. The average Bonchev–Trinajstić information content (AvgIpc) is 3.16. The molecule has 1 heteroatoms. The maximum absolute atomic E-state index is 5.53. The Balaban J connectivity index is 1.22. The van der Waals surface area contributed by atoms with Crippen molar-refractivity contribution in [1.29, 1.82) is 0 Å². The summed E-state index contributed by atoms with van der Waals surface area (Å²) < 4.78 is 0. The van der Waals surface area contributed by atoms with Crippen LogP contribution >= 0.6 is 0 Å². The van der Waals surface area contributed by atoms with Crippen molar-refractivity contribution in [3.05, 3.63) is 176 Å². The van der Waals surface area contributed by atoms with Crippen molar-refractivity contribution < 1.29 is 0 Å². The van der Waals surface area contributed by atoms with Gasteiger partial charge in [0.15, 0.2) is 0 Å². The highest BCUT2D eigenvalue weighted by molar-refractivity contribution is 6.05. The van der Waals surface area contributed by atoms with Crippen LogP contribution in [0, 0.1) is 0 Å². The Morgan fingerprint density at radius 3 is 0.938 bits per heavy atom. The molecule has 0 amide bonds. The first-order valence-electron chi connectivity index (χ1n) is 16.6. The molecule has 0 aliphatic heterocycles. The normalized spacial score (nSPS) is 11.8. The van der Waals surface area contributed by atoms with Crippen LogP contribution in [0.1, 0.15) is 0 Å². The van der Waals surface area contributed by atoms with Crippen LogP contribution in [-0.4, -0.2) is 4.98 Å². The Hall–Kier alpha value is -6.31. The fourth-order valence-electron chi connectivity index (χ4n) is 7.89. The third kappa shape index (κ3) is 4.01. The van der Waals surface area contributed by atoms with Crippen molar-refractivity contribution in [1.82, 2.24) is 4.98 Å². The molecule has 8 aromatic rings. The summed E-state index contributed by atoms with van der Waals surface area (Å²) in [6, 6.07) is 64.0. The standard InChI is InChI=1S/C47H29N/c1-2-14-32-31(13-1)33-15-4-6-20-38(33)42-26-25-30(29-45(42)41-23-10-8-19-37(32)41)46-28-27-44-40-22-9-7-18-36(40)34-16-3-5-17-35(34)39-21-11-12-24-43(39)47(44)48-46/h1-29H. The Morgan fingerprint density at radius 2 is 0.521 bits per heavy atom. The molecule has 1 aromatic heterocycles. The maximum Gasteiger partial charge on any atom is 0.0794 e. The van der Waals surface area contributed by atoms with Crippen molar-refractivity contribution in [2.45, 2.75) is 0 Å². The molecule has 0 N–H and O–H groups in total. The molecular weight excluding hydrogens is 579 g/mol. The predicted octanol–water partition coefficient (Wildman–Crippen LogP) is 12.7. The van der Waals surface area contributed by atoms with E-state index in [2.05, 4.69) is 176 Å². The van der Waals surface area contributed by atoms with Crippen molar-refractivity contribution >= 4 is 0 Å². The minimum Gasteiger partial charge on any atom is -0.247 e. The summed E-state index contributed by atoms with van der Waals surface area (Å²) in [7, 11) is 0. The highest BCUT2D eigenvalue weighted by atomic mass is 14.7. The SMILES string of the molecule is c1ccc2c(c1)-c1ccccc1-c1ccc(-c3ccc4c(n3)-c3ccccc3-c3ccccc3-c3ccccc3-4)cc1-c1ccccc1-2. The molecule has 0 saturated carbocycles. The summed E-state index contributed by atoms with van der Waals surface area (Å²) in [5.41, 5.74) is 21.5. The number of hydrogen-bond donors (Lipinski definition) is 0. The Bertz CT molecular complexity index is 2380. The monoisotopic (exact) mass is 607 g/mol. The summed E-state index contributed by atoms with van der Waals surface area (Å²) in [5.74, 6) is 0. The predicted molar refractivity (Wildman–Crippen MR) is 200 cm³/mol. The second-order valence-electron chi connectivity index (χ2n) is 12.6. The Labute approximate surface area is 280 Å². The van der Waals surface area contributed by atoms with Crippen LogP contribution in [0.25, 0.3) is 100 Å². The van der Waals surface area contributed by atoms with E-state index in [4.69, 9.17) is 4.98 Å². The van der Waals surface area contributed by atoms with Gasteiger partial charge in [0.1, 0.15) is 0 Å². The second-order valence-corrected chi connectivity index (χ2v) is 12.6. The summed E-state index contributed by atoms with van der Waals surface area (Å²) in [6.07, 6.45) is 0. The number of fused-ring (bicyclic) bond motifs is 16. The van der Waals surface area contributed by atoms with E-state index in [0.29, 0.717) is 0 Å². The molecule has 0 unspecified atom stereocenters. The molecule has 0 radical (unpaired) electrons. The van der Waals surface area contributed by atoms with E-state index in [1.165, 1.54) is 72.3 Å². The Morgan fingerprint density at radius 1 is 0.229 bits per heavy atom. The average molecular weight is 608 g/mol. The topological polar surface area (TPSA) is 12.9 Å². The highest BCUT2D eigenvalue weighted by Crippen LogP contribution is 2.50. The van der Waals surface area contributed by atoms with E-state index in [0.717, 1.165) is 28.1 Å². The molecule has 1 nitrogen and oxygen atoms in total. The van der Waals surface area contributed by atoms with Gasteiger partial charge >= 0.3 is 0 Å². The minimum absolute atomic E-state index is 0.964. The molecular formula is C47H29N. The first kappa shape index (κ1) is 26.9. The first-order valence-corrected chi connectivity index (χ1v) is 16.6. The fourth-order valence-corrected chi connectivity index (χ4v) is 7.89. The lowest BCUT2D eigenvalue weighted by molar-refractivity contribution is 1.32. The number of rotatable bonds is 1. The van der Waals surface area contributed by atoms with Gasteiger partial charge in [-0.2, -0.15) is 0 Å². The van der Waals surface area contributed by atoms with Gasteiger partial charge in [-0.15, -0.1) is 0 Å². The Kier molecular flexibility index (Phi) is 5.94. The van der Waals surface area contributed by atoms with E-state index in [1.807, 2.05) is 0 Å². The fraction of sp³-hybridized carbons (Fsp3) is 0.